The van der Waals surface area contributed by atoms with Crippen molar-refractivity contribution < 1.29 is 0 Å². The van der Waals surface area contributed by atoms with Gasteiger partial charge in [-0.2, -0.15) is 0 Å². The molecule has 56 valence electrons. The van der Waals surface area contributed by atoms with Gasteiger partial charge < -0.3 is 0 Å². The molecule has 0 radical (unpaired) electrons. The van der Waals surface area contributed by atoms with Crippen molar-refractivity contribution in [1.82, 2.24) is 0 Å². The first-order valence-corrected chi connectivity index (χ1v) is 6.53. The summed E-state index contributed by atoms with van der Waals surface area (Å²) in [7, 11) is 0. The molecule has 5 heteroatoms. The number of rotatable bonds is 0. The monoisotopic (exact) mass is 378 g/mol. The zero-order valence-electron chi connectivity index (χ0n) is 5.18. The molecule has 0 bridgehead atoms. The van der Waals surface area contributed by atoms with Crippen LogP contribution >= 0.6 is 52.6 Å². The number of halogens is 3. The van der Waals surface area contributed by atoms with Crippen molar-refractivity contribution in [2.24, 2.45) is 9.98 Å². The molecule has 10 heavy (non-hydrogen) atoms. The molecule has 0 amide bonds. The molecule has 0 aromatic heterocycles. The predicted octanol–water partition coefficient (Wildman–Crippen LogP) is 2.66. The quantitative estimate of drug-likeness (QED) is 0.351. The molecule has 1 aliphatic heterocycles. The Balaban J connectivity index is 2.87. The van der Waals surface area contributed by atoms with Gasteiger partial charge in [0.1, 0.15) is 7.16 Å². The van der Waals surface area contributed by atoms with Crippen LogP contribution in [0, 0.1) is 0 Å². The molecule has 0 aliphatic carbocycles. The Hall–Kier alpha value is 0.900. The van der Waals surface area contributed by atoms with Crippen LogP contribution in [-0.2, 0) is 0 Å². The minimum absolute atomic E-state index is 0.0476. The summed E-state index contributed by atoms with van der Waals surface area (Å²) in [5.74, 6) is 0. The lowest BCUT2D eigenvalue weighted by Crippen LogP contribution is -1.91. The van der Waals surface area contributed by atoms with Crippen LogP contribution in [0.3, 0.4) is 0 Å². The summed E-state index contributed by atoms with van der Waals surface area (Å²) in [4.78, 5) is 8.44. The molecule has 0 saturated carbocycles. The molecule has 0 aromatic carbocycles. The smallest absolute Gasteiger partial charge is 0.136 e. The van der Waals surface area contributed by atoms with Crippen molar-refractivity contribution >= 4 is 66.0 Å². The van der Waals surface area contributed by atoms with Gasteiger partial charge in [-0.05, 0) is 38.8 Å². The minimum Gasteiger partial charge on any atom is -0.263 e. The van der Waals surface area contributed by atoms with E-state index in [4.69, 9.17) is 0 Å². The fourth-order valence-electron chi connectivity index (χ4n) is 0.488. The van der Waals surface area contributed by atoms with Crippen molar-refractivity contribution in [3.05, 3.63) is 0 Å². The Morgan fingerprint density at radius 3 is 3.00 bits per heavy atom. The second kappa shape index (κ2) is 4.06. The highest BCUT2D eigenvalue weighted by molar-refractivity contribution is 14.2. The van der Waals surface area contributed by atoms with E-state index in [1.165, 1.54) is 0 Å². The van der Waals surface area contributed by atoms with Gasteiger partial charge in [-0.3, -0.25) is 4.99 Å². The molecule has 1 aliphatic rings. The van der Waals surface area contributed by atoms with Crippen LogP contribution in [0.5, 0.6) is 0 Å². The second-order valence-corrected chi connectivity index (χ2v) is 8.13. The van der Waals surface area contributed by atoms with E-state index >= 15 is 0 Å². The Labute approximate surface area is 86.2 Å². The molecule has 0 spiro atoms. The number of hydrogen-bond acceptors (Lipinski definition) is 2. The highest BCUT2D eigenvalue weighted by atomic mass is 127. The van der Waals surface area contributed by atoms with Gasteiger partial charge in [0, 0.05) is 0 Å². The van der Waals surface area contributed by atoms with E-state index in [2.05, 4.69) is 48.8 Å². The SMILES string of the molecule is C[C@H]1N=C(Br)C=NC(Br)=I1. The van der Waals surface area contributed by atoms with Crippen LogP contribution in [0.4, 0.5) is 0 Å². The molecule has 0 fully saturated rings. The van der Waals surface area contributed by atoms with Crippen LogP contribution in [0.2, 0.25) is 0 Å². The predicted molar refractivity (Wildman–Crippen MR) is 62.3 cm³/mol. The van der Waals surface area contributed by atoms with E-state index in [-0.39, 0.29) is 20.7 Å². The normalized spacial score (nSPS) is 26.1. The van der Waals surface area contributed by atoms with Gasteiger partial charge in [0.15, 0.2) is 0 Å². The van der Waals surface area contributed by atoms with Crippen molar-refractivity contribution in [2.45, 2.75) is 11.0 Å². The zero-order chi connectivity index (χ0) is 7.56. The maximum atomic E-state index is 4.31. The first kappa shape index (κ1) is 8.99. The maximum Gasteiger partial charge on any atom is 0.136 e. The molecular weight excluding hydrogens is 375 g/mol. The lowest BCUT2D eigenvalue weighted by atomic mass is 10.7. The molecule has 1 heterocycles. The third kappa shape index (κ3) is 2.87. The van der Waals surface area contributed by atoms with Crippen LogP contribution in [0.1, 0.15) is 6.92 Å². The standard InChI is InChI=1S/C5H5Br2IN2/c1-3-8-5(7)9-2-4(6)10-3/h2-3H,1H3/t3-/m1/s1. The topological polar surface area (TPSA) is 24.7 Å². The summed E-state index contributed by atoms with van der Waals surface area (Å²) in [5.41, 5.74) is 0. The average molecular weight is 380 g/mol. The first-order chi connectivity index (χ1) is 4.68. The molecule has 1 rings (SSSR count). The van der Waals surface area contributed by atoms with Crippen LogP contribution in [0.15, 0.2) is 9.98 Å². The Morgan fingerprint density at radius 2 is 2.30 bits per heavy atom. The Bertz CT molecular complexity index is 200. The number of nitrogens with zero attached hydrogens (tertiary/aromatic N) is 2. The van der Waals surface area contributed by atoms with Crippen molar-refractivity contribution in [3.63, 3.8) is 0 Å². The number of hydrogen-bond donors (Lipinski definition) is 0. The van der Waals surface area contributed by atoms with E-state index in [1.54, 1.807) is 6.21 Å². The van der Waals surface area contributed by atoms with Gasteiger partial charge >= 0.3 is 0 Å². The van der Waals surface area contributed by atoms with E-state index in [0.29, 0.717) is 4.05 Å². The molecule has 0 saturated heterocycles. The van der Waals surface area contributed by atoms with Gasteiger partial charge in [0.2, 0.25) is 0 Å². The Kier molecular flexibility index (Phi) is 3.65. The van der Waals surface area contributed by atoms with Gasteiger partial charge in [-0.15, -0.1) is 0 Å². The van der Waals surface area contributed by atoms with Crippen LogP contribution in [0.25, 0.3) is 0 Å². The summed E-state index contributed by atoms with van der Waals surface area (Å²) >= 11 is 6.62. The average Bonchev–Trinajstić information content (AvgIpc) is 1.93. The minimum atomic E-state index is -0.0476. The maximum absolute atomic E-state index is 4.31. The fraction of sp³-hybridized carbons (Fsp3) is 0.400. The van der Waals surface area contributed by atoms with E-state index in [1.807, 2.05) is 0 Å². The molecule has 0 unspecified atom stereocenters. The molecule has 0 aromatic rings. The van der Waals surface area contributed by atoms with Gasteiger partial charge in [-0.25, -0.2) is 4.99 Å². The summed E-state index contributed by atoms with van der Waals surface area (Å²) in [6.07, 6.45) is 1.73. The molecule has 0 N–H and O–H groups in total. The first-order valence-electron chi connectivity index (χ1n) is 2.61. The van der Waals surface area contributed by atoms with Crippen LogP contribution in [-0.4, -0.2) is 17.4 Å². The van der Waals surface area contributed by atoms with Gasteiger partial charge in [-0.1, -0.05) is 20.7 Å². The molecular formula is C5H5Br2IN2. The summed E-state index contributed by atoms with van der Waals surface area (Å²) < 4.78 is 2.33. The highest BCUT2D eigenvalue weighted by Gasteiger charge is 2.01. The second-order valence-electron chi connectivity index (χ2n) is 1.63. The van der Waals surface area contributed by atoms with E-state index in [0.717, 1.165) is 7.16 Å². The lowest BCUT2D eigenvalue weighted by Gasteiger charge is -1.93. The number of alkyl halides is 1. The molecule has 1 atom stereocenters. The van der Waals surface area contributed by atoms with Crippen molar-refractivity contribution in [3.8, 4) is 0 Å². The summed E-state index contributed by atoms with van der Waals surface area (Å²) in [6.45, 7) is 2.10. The van der Waals surface area contributed by atoms with Gasteiger partial charge in [0.05, 0.1) is 10.3 Å². The zero-order valence-corrected chi connectivity index (χ0v) is 10.5. The third-order valence-corrected chi connectivity index (χ3v) is 4.57. The van der Waals surface area contributed by atoms with Gasteiger partial charge in [0.25, 0.3) is 0 Å². The summed E-state index contributed by atoms with van der Waals surface area (Å²) in [5, 5.41) is 0. The highest BCUT2D eigenvalue weighted by Crippen LogP contribution is 2.18. The van der Waals surface area contributed by atoms with E-state index < -0.39 is 0 Å². The van der Waals surface area contributed by atoms with Crippen LogP contribution < -0.4 is 0 Å². The fourth-order valence-corrected chi connectivity index (χ4v) is 4.55. The van der Waals surface area contributed by atoms with E-state index in [9.17, 15) is 0 Å². The third-order valence-electron chi connectivity index (χ3n) is 0.818. The largest absolute Gasteiger partial charge is 0.263 e. The lowest BCUT2D eigenvalue weighted by molar-refractivity contribution is 1.10. The number of aliphatic imine (C=N–C) groups is 2. The Morgan fingerprint density at radius 1 is 1.60 bits per heavy atom. The van der Waals surface area contributed by atoms with Crippen molar-refractivity contribution in [2.75, 3.05) is 0 Å². The van der Waals surface area contributed by atoms with Crippen molar-refractivity contribution in [1.29, 1.82) is 0 Å². The summed E-state index contributed by atoms with van der Waals surface area (Å²) in [6, 6.07) is 0. The molecule has 2 nitrogen and oxygen atoms in total.